The molecule has 2 aromatic heterocycles. The Kier molecular flexibility index (Phi) is 3.35. The minimum absolute atomic E-state index is 0.257. The van der Waals surface area contributed by atoms with Gasteiger partial charge in [-0.15, -0.1) is 0 Å². The quantitative estimate of drug-likeness (QED) is 0.872. The van der Waals surface area contributed by atoms with Crippen molar-refractivity contribution in [1.29, 1.82) is 0 Å². The van der Waals surface area contributed by atoms with E-state index in [1.807, 2.05) is 18.5 Å². The third kappa shape index (κ3) is 2.36. The predicted molar refractivity (Wildman–Crippen MR) is 74.1 cm³/mol. The average molecular weight is 276 g/mol. The van der Waals surface area contributed by atoms with Gasteiger partial charge in [0, 0.05) is 20.1 Å². The average Bonchev–Trinajstić information content (AvgIpc) is 2.98. The van der Waals surface area contributed by atoms with Gasteiger partial charge in [0.2, 0.25) is 0 Å². The number of aryl methyl sites for hydroxylation is 1. The number of nitrogens with one attached hydrogen (secondary N) is 2. The fraction of sp³-hybridized carbons (Fsp3) is 0.462. The van der Waals surface area contributed by atoms with E-state index in [4.69, 9.17) is 0 Å². The van der Waals surface area contributed by atoms with Crippen LogP contribution in [0.25, 0.3) is 11.4 Å². The minimum Gasteiger partial charge on any atom is -0.362 e. The lowest BCUT2D eigenvalue weighted by Gasteiger charge is -2.14. The van der Waals surface area contributed by atoms with Crippen molar-refractivity contribution < 1.29 is 4.39 Å². The summed E-state index contributed by atoms with van der Waals surface area (Å²) in [5.41, 5.74) is 1.61. The molecule has 20 heavy (non-hydrogen) atoms. The topological polar surface area (TPSA) is 67.7 Å². The van der Waals surface area contributed by atoms with Crippen LogP contribution in [0.15, 0.2) is 18.6 Å². The number of imidazole rings is 1. The van der Waals surface area contributed by atoms with E-state index in [1.54, 1.807) is 18.6 Å². The Bertz CT molecular complexity index is 611. The summed E-state index contributed by atoms with van der Waals surface area (Å²) in [6, 6.07) is -0.257. The number of alkyl halides is 1. The molecule has 1 saturated heterocycles. The molecule has 3 rings (SSSR count). The molecule has 0 aromatic carbocycles. The van der Waals surface area contributed by atoms with Crippen LogP contribution in [0.3, 0.4) is 0 Å². The standard InChI is InChI=1S/C13H17FN6/c1-8-17-6-12(20(8)2)11-5-16-7-13(19-11)18-10-4-15-3-9(10)14/h5-7,9-10,15H,3-4H2,1-2H3,(H,18,19)/t9-,10-/m0/s1. The third-order valence-electron chi connectivity index (χ3n) is 3.59. The Labute approximate surface area is 116 Å². The van der Waals surface area contributed by atoms with Crippen LogP contribution >= 0.6 is 0 Å². The number of hydrogen-bond acceptors (Lipinski definition) is 5. The highest BCUT2D eigenvalue weighted by molar-refractivity contribution is 5.55. The van der Waals surface area contributed by atoms with Gasteiger partial charge in [0.05, 0.1) is 30.3 Å². The van der Waals surface area contributed by atoms with Crippen molar-refractivity contribution in [2.45, 2.75) is 19.1 Å². The van der Waals surface area contributed by atoms with Crippen LogP contribution in [0.5, 0.6) is 0 Å². The van der Waals surface area contributed by atoms with Gasteiger partial charge in [-0.1, -0.05) is 0 Å². The summed E-state index contributed by atoms with van der Waals surface area (Å²) in [5.74, 6) is 1.49. The smallest absolute Gasteiger partial charge is 0.145 e. The highest BCUT2D eigenvalue weighted by Crippen LogP contribution is 2.19. The minimum atomic E-state index is -0.903. The van der Waals surface area contributed by atoms with Crippen molar-refractivity contribution in [1.82, 2.24) is 24.8 Å². The Hall–Kier alpha value is -2.02. The van der Waals surface area contributed by atoms with Gasteiger partial charge in [0.1, 0.15) is 23.5 Å². The number of hydrogen-bond donors (Lipinski definition) is 2. The summed E-state index contributed by atoms with van der Waals surface area (Å²) < 4.78 is 15.5. The van der Waals surface area contributed by atoms with Gasteiger partial charge in [-0.3, -0.25) is 4.98 Å². The van der Waals surface area contributed by atoms with Crippen LogP contribution in [-0.2, 0) is 7.05 Å². The Balaban J connectivity index is 1.84. The SMILES string of the molecule is Cc1ncc(-c2cncc(N[C@H]3CNC[C@@H]3F)n2)n1C. The molecule has 0 aliphatic carbocycles. The highest BCUT2D eigenvalue weighted by Gasteiger charge is 2.26. The van der Waals surface area contributed by atoms with Crippen LogP contribution in [0.1, 0.15) is 5.82 Å². The first-order valence-electron chi connectivity index (χ1n) is 6.57. The van der Waals surface area contributed by atoms with E-state index < -0.39 is 6.17 Å². The summed E-state index contributed by atoms with van der Waals surface area (Å²) in [6.07, 6.45) is 4.15. The van der Waals surface area contributed by atoms with E-state index >= 15 is 0 Å². The molecule has 1 fully saturated rings. The Morgan fingerprint density at radius 2 is 2.20 bits per heavy atom. The van der Waals surface area contributed by atoms with E-state index in [1.165, 1.54) is 0 Å². The summed E-state index contributed by atoms with van der Waals surface area (Å²) >= 11 is 0. The van der Waals surface area contributed by atoms with E-state index in [2.05, 4.69) is 25.6 Å². The van der Waals surface area contributed by atoms with Crippen LogP contribution in [-0.4, -0.2) is 44.8 Å². The number of halogens is 1. The highest BCUT2D eigenvalue weighted by atomic mass is 19.1. The van der Waals surface area contributed by atoms with Crippen molar-refractivity contribution in [3.8, 4) is 11.4 Å². The second kappa shape index (κ2) is 5.16. The number of aromatic nitrogens is 4. The molecule has 0 unspecified atom stereocenters. The second-order valence-corrected chi connectivity index (χ2v) is 4.96. The van der Waals surface area contributed by atoms with E-state index in [-0.39, 0.29) is 6.04 Å². The first-order valence-corrected chi connectivity index (χ1v) is 6.57. The molecular weight excluding hydrogens is 259 g/mol. The third-order valence-corrected chi connectivity index (χ3v) is 3.59. The van der Waals surface area contributed by atoms with Crippen molar-refractivity contribution in [2.75, 3.05) is 18.4 Å². The molecule has 0 saturated carbocycles. The summed E-state index contributed by atoms with van der Waals surface area (Å²) in [4.78, 5) is 12.9. The molecule has 3 heterocycles. The molecule has 0 amide bonds. The predicted octanol–water partition coefficient (Wildman–Crippen LogP) is 0.907. The van der Waals surface area contributed by atoms with Gasteiger partial charge in [0.15, 0.2) is 0 Å². The molecule has 2 N–H and O–H groups in total. The van der Waals surface area contributed by atoms with Crippen LogP contribution in [0.4, 0.5) is 10.2 Å². The summed E-state index contributed by atoms with van der Waals surface area (Å²) in [7, 11) is 1.93. The molecule has 106 valence electrons. The fourth-order valence-electron chi connectivity index (χ4n) is 2.28. The number of nitrogens with zero attached hydrogens (tertiary/aromatic N) is 4. The fourth-order valence-corrected chi connectivity index (χ4v) is 2.28. The van der Waals surface area contributed by atoms with Gasteiger partial charge in [-0.25, -0.2) is 14.4 Å². The molecule has 0 bridgehead atoms. The monoisotopic (exact) mass is 276 g/mol. The first kappa shape index (κ1) is 13.0. The van der Waals surface area contributed by atoms with Crippen molar-refractivity contribution in [3.05, 3.63) is 24.4 Å². The van der Waals surface area contributed by atoms with Crippen molar-refractivity contribution in [2.24, 2.45) is 7.05 Å². The Morgan fingerprint density at radius 3 is 2.85 bits per heavy atom. The molecule has 2 aromatic rings. The molecule has 0 radical (unpaired) electrons. The maximum atomic E-state index is 13.6. The molecule has 6 nitrogen and oxygen atoms in total. The lowest BCUT2D eigenvalue weighted by molar-refractivity contribution is 0.342. The van der Waals surface area contributed by atoms with E-state index in [0.717, 1.165) is 17.2 Å². The van der Waals surface area contributed by atoms with E-state index in [0.29, 0.717) is 18.9 Å². The van der Waals surface area contributed by atoms with Gasteiger partial charge >= 0.3 is 0 Å². The number of rotatable bonds is 3. The summed E-state index contributed by atoms with van der Waals surface area (Å²) in [5, 5.41) is 6.09. The van der Waals surface area contributed by atoms with Crippen LogP contribution < -0.4 is 10.6 Å². The second-order valence-electron chi connectivity index (χ2n) is 4.96. The van der Waals surface area contributed by atoms with Crippen LogP contribution in [0, 0.1) is 6.92 Å². The van der Waals surface area contributed by atoms with Crippen molar-refractivity contribution >= 4 is 5.82 Å². The summed E-state index contributed by atoms with van der Waals surface area (Å²) in [6.45, 7) is 2.90. The van der Waals surface area contributed by atoms with Gasteiger partial charge < -0.3 is 15.2 Å². The maximum absolute atomic E-state index is 13.6. The molecule has 1 aliphatic rings. The van der Waals surface area contributed by atoms with Gasteiger partial charge in [-0.05, 0) is 6.92 Å². The molecule has 0 spiro atoms. The molecule has 1 aliphatic heterocycles. The van der Waals surface area contributed by atoms with E-state index in [9.17, 15) is 4.39 Å². The van der Waals surface area contributed by atoms with Crippen LogP contribution in [0.2, 0.25) is 0 Å². The largest absolute Gasteiger partial charge is 0.362 e. The van der Waals surface area contributed by atoms with Gasteiger partial charge in [0.25, 0.3) is 0 Å². The maximum Gasteiger partial charge on any atom is 0.145 e. The molecule has 7 heteroatoms. The molecular formula is C13H17FN6. The molecule has 2 atom stereocenters. The lowest BCUT2D eigenvalue weighted by atomic mass is 10.2. The normalized spacial score (nSPS) is 22.1. The van der Waals surface area contributed by atoms with Crippen molar-refractivity contribution in [3.63, 3.8) is 0 Å². The first-order chi connectivity index (χ1) is 9.65. The van der Waals surface area contributed by atoms with Gasteiger partial charge in [-0.2, -0.15) is 0 Å². The Morgan fingerprint density at radius 1 is 1.35 bits per heavy atom. The number of anilines is 1. The zero-order valence-electron chi connectivity index (χ0n) is 11.5. The lowest BCUT2D eigenvalue weighted by Crippen LogP contribution is -2.29. The zero-order valence-corrected chi connectivity index (χ0v) is 11.5. The zero-order chi connectivity index (χ0) is 14.1.